The van der Waals surface area contributed by atoms with E-state index in [2.05, 4.69) is 10.0 Å². The van der Waals surface area contributed by atoms with Crippen LogP contribution in [0, 0.1) is 13.8 Å². The molecule has 2 aromatic rings. The van der Waals surface area contributed by atoms with E-state index in [0.717, 1.165) is 11.1 Å². The van der Waals surface area contributed by atoms with Gasteiger partial charge in [0.1, 0.15) is 5.75 Å². The van der Waals surface area contributed by atoms with Crippen molar-refractivity contribution in [2.75, 3.05) is 17.1 Å². The first-order chi connectivity index (χ1) is 11.8. The van der Waals surface area contributed by atoms with Crippen molar-refractivity contribution in [3.8, 4) is 5.75 Å². The van der Waals surface area contributed by atoms with E-state index in [0.29, 0.717) is 17.1 Å². The topological polar surface area (TPSA) is 84.5 Å². The minimum absolute atomic E-state index is 0.0438. The van der Waals surface area contributed by atoms with E-state index in [1.165, 1.54) is 25.3 Å². The maximum atomic E-state index is 12.7. The summed E-state index contributed by atoms with van der Waals surface area (Å²) in [4.78, 5) is 11.7. The number of ether oxygens (including phenoxy) is 1. The number of hydrogen-bond acceptors (Lipinski definition) is 4. The Morgan fingerprint density at radius 3 is 2.32 bits per heavy atom. The van der Waals surface area contributed by atoms with Crippen molar-refractivity contribution in [2.24, 2.45) is 0 Å². The molecule has 0 unspecified atom stereocenters. The number of para-hydroxylation sites is 1. The Balaban J connectivity index is 2.42. The molecule has 1 amide bonds. The second-order valence-electron chi connectivity index (χ2n) is 5.64. The van der Waals surface area contributed by atoms with E-state index < -0.39 is 10.0 Å². The minimum atomic E-state index is -3.81. The maximum absolute atomic E-state index is 12.7. The molecule has 0 aliphatic rings. The van der Waals surface area contributed by atoms with Crippen LogP contribution in [0.4, 0.5) is 11.4 Å². The van der Waals surface area contributed by atoms with Crippen molar-refractivity contribution in [3.05, 3.63) is 47.5 Å². The van der Waals surface area contributed by atoms with Crippen molar-refractivity contribution in [1.29, 1.82) is 0 Å². The lowest BCUT2D eigenvalue weighted by atomic mass is 10.1. The van der Waals surface area contributed by atoms with Crippen molar-refractivity contribution in [1.82, 2.24) is 0 Å². The van der Waals surface area contributed by atoms with E-state index in [9.17, 15) is 13.2 Å². The number of amides is 1. The van der Waals surface area contributed by atoms with Gasteiger partial charge in [-0.05, 0) is 43.2 Å². The minimum Gasteiger partial charge on any atom is -0.495 e. The number of aryl methyl sites for hydroxylation is 2. The van der Waals surface area contributed by atoms with Gasteiger partial charge in [0, 0.05) is 6.42 Å². The monoisotopic (exact) mass is 362 g/mol. The van der Waals surface area contributed by atoms with E-state index in [1.54, 1.807) is 6.92 Å². The number of carbonyl (C=O) groups excluding carboxylic acids is 1. The molecule has 0 aromatic heterocycles. The molecule has 2 N–H and O–H groups in total. The van der Waals surface area contributed by atoms with Gasteiger partial charge in [0.2, 0.25) is 5.91 Å². The molecule has 2 aromatic carbocycles. The number of nitrogens with one attached hydrogen (secondary N) is 2. The summed E-state index contributed by atoms with van der Waals surface area (Å²) in [6.07, 6.45) is 0.279. The fourth-order valence-corrected chi connectivity index (χ4v) is 3.59. The number of anilines is 2. The van der Waals surface area contributed by atoms with E-state index in [1.807, 2.05) is 32.0 Å². The average molecular weight is 362 g/mol. The van der Waals surface area contributed by atoms with Gasteiger partial charge in [-0.1, -0.05) is 25.1 Å². The fourth-order valence-electron chi connectivity index (χ4n) is 2.36. The number of benzene rings is 2. The van der Waals surface area contributed by atoms with Gasteiger partial charge in [0.15, 0.2) is 0 Å². The number of hydrogen-bond donors (Lipinski definition) is 2. The van der Waals surface area contributed by atoms with Gasteiger partial charge < -0.3 is 10.1 Å². The van der Waals surface area contributed by atoms with Crippen LogP contribution in [0.2, 0.25) is 0 Å². The molecule has 2 rings (SSSR count). The molecule has 0 saturated heterocycles. The highest BCUT2D eigenvalue weighted by Gasteiger charge is 2.19. The normalized spacial score (nSPS) is 11.0. The summed E-state index contributed by atoms with van der Waals surface area (Å²) in [6, 6.07) is 9.90. The van der Waals surface area contributed by atoms with Gasteiger partial charge in [0.05, 0.1) is 23.4 Å². The smallest absolute Gasteiger partial charge is 0.261 e. The fraction of sp³-hybridized carbons (Fsp3) is 0.278. The molecular weight excluding hydrogens is 340 g/mol. The molecule has 0 aliphatic heterocycles. The third kappa shape index (κ3) is 4.30. The van der Waals surface area contributed by atoms with Crippen molar-refractivity contribution < 1.29 is 17.9 Å². The Bertz CT molecular complexity index is 872. The molecule has 25 heavy (non-hydrogen) atoms. The quantitative estimate of drug-likeness (QED) is 0.824. The van der Waals surface area contributed by atoms with E-state index in [-0.39, 0.29) is 17.2 Å². The summed E-state index contributed by atoms with van der Waals surface area (Å²) in [5, 5.41) is 2.65. The number of rotatable bonds is 6. The summed E-state index contributed by atoms with van der Waals surface area (Å²) >= 11 is 0. The summed E-state index contributed by atoms with van der Waals surface area (Å²) in [5.74, 6) is 0.170. The Kier molecular flexibility index (Phi) is 5.69. The van der Waals surface area contributed by atoms with Crippen LogP contribution in [-0.2, 0) is 14.8 Å². The van der Waals surface area contributed by atoms with Gasteiger partial charge in [0.25, 0.3) is 10.0 Å². The molecule has 6 nitrogen and oxygen atoms in total. The summed E-state index contributed by atoms with van der Waals surface area (Å²) in [6.45, 7) is 5.39. The predicted octanol–water partition coefficient (Wildman–Crippen LogP) is 3.46. The lowest BCUT2D eigenvalue weighted by molar-refractivity contribution is -0.115. The maximum Gasteiger partial charge on any atom is 0.261 e. The van der Waals surface area contributed by atoms with E-state index in [4.69, 9.17) is 4.74 Å². The van der Waals surface area contributed by atoms with Crippen LogP contribution in [-0.4, -0.2) is 21.4 Å². The highest BCUT2D eigenvalue weighted by molar-refractivity contribution is 7.92. The van der Waals surface area contributed by atoms with Crippen molar-refractivity contribution in [3.63, 3.8) is 0 Å². The molecule has 0 atom stereocenters. The summed E-state index contributed by atoms with van der Waals surface area (Å²) in [7, 11) is -2.35. The Morgan fingerprint density at radius 2 is 1.76 bits per heavy atom. The zero-order chi connectivity index (χ0) is 18.6. The number of methoxy groups -OCH3 is 1. The SMILES string of the molecule is CCC(=O)Nc1cc(S(=O)(=O)Nc2c(C)cccc2C)ccc1OC. The molecule has 0 spiro atoms. The highest BCUT2D eigenvalue weighted by Crippen LogP contribution is 2.29. The second kappa shape index (κ2) is 7.57. The molecule has 0 bridgehead atoms. The lowest BCUT2D eigenvalue weighted by Crippen LogP contribution is -2.16. The second-order valence-corrected chi connectivity index (χ2v) is 7.32. The molecule has 0 aliphatic carbocycles. The molecule has 0 fully saturated rings. The van der Waals surface area contributed by atoms with Crippen LogP contribution in [0.25, 0.3) is 0 Å². The van der Waals surface area contributed by atoms with Gasteiger partial charge >= 0.3 is 0 Å². The molecule has 7 heteroatoms. The van der Waals surface area contributed by atoms with Crippen LogP contribution >= 0.6 is 0 Å². The zero-order valence-electron chi connectivity index (χ0n) is 14.7. The highest BCUT2D eigenvalue weighted by atomic mass is 32.2. The largest absolute Gasteiger partial charge is 0.495 e. The first-order valence-electron chi connectivity index (χ1n) is 7.85. The van der Waals surface area contributed by atoms with Gasteiger partial charge in [-0.2, -0.15) is 0 Å². The van der Waals surface area contributed by atoms with Gasteiger partial charge in [-0.3, -0.25) is 9.52 Å². The molecule has 0 saturated carbocycles. The predicted molar refractivity (Wildman–Crippen MR) is 98.6 cm³/mol. The third-order valence-corrected chi connectivity index (χ3v) is 5.14. The Hall–Kier alpha value is -2.54. The summed E-state index contributed by atoms with van der Waals surface area (Å²) in [5.41, 5.74) is 2.53. The first kappa shape index (κ1) is 18.8. The van der Waals surface area contributed by atoms with Crippen LogP contribution in [0.5, 0.6) is 5.75 Å². The molecule has 134 valence electrons. The zero-order valence-corrected chi connectivity index (χ0v) is 15.5. The van der Waals surface area contributed by atoms with Gasteiger partial charge in [-0.15, -0.1) is 0 Å². The van der Waals surface area contributed by atoms with Crippen LogP contribution in [0.15, 0.2) is 41.3 Å². The lowest BCUT2D eigenvalue weighted by Gasteiger charge is -2.15. The average Bonchev–Trinajstić information content (AvgIpc) is 2.58. The molecular formula is C18H22N2O4S. The van der Waals surface area contributed by atoms with Crippen LogP contribution < -0.4 is 14.8 Å². The number of sulfonamides is 1. The Morgan fingerprint density at radius 1 is 1.12 bits per heavy atom. The molecule has 0 heterocycles. The standard InChI is InChI=1S/C18H22N2O4S/c1-5-17(21)19-15-11-14(9-10-16(15)24-4)25(22,23)20-18-12(2)7-6-8-13(18)3/h6-11,20H,5H2,1-4H3,(H,19,21). The van der Waals surface area contributed by atoms with Crippen LogP contribution in [0.3, 0.4) is 0 Å². The summed E-state index contributed by atoms with van der Waals surface area (Å²) < 4.78 is 33.3. The first-order valence-corrected chi connectivity index (χ1v) is 9.33. The number of carbonyl (C=O) groups is 1. The Labute approximate surface area is 148 Å². The van der Waals surface area contributed by atoms with Crippen molar-refractivity contribution >= 4 is 27.3 Å². The van der Waals surface area contributed by atoms with Gasteiger partial charge in [-0.25, -0.2) is 8.42 Å². The molecule has 0 radical (unpaired) electrons. The third-order valence-electron chi connectivity index (χ3n) is 3.79. The van der Waals surface area contributed by atoms with E-state index >= 15 is 0 Å². The van der Waals surface area contributed by atoms with Crippen LogP contribution in [0.1, 0.15) is 24.5 Å². The van der Waals surface area contributed by atoms with Crippen molar-refractivity contribution in [2.45, 2.75) is 32.1 Å².